The number of aromatic nitrogens is 1. The minimum absolute atomic E-state index is 0.240. The van der Waals surface area contributed by atoms with Crippen LogP contribution in [0.25, 0.3) is 16.6 Å². The zero-order valence-corrected chi connectivity index (χ0v) is 16.8. The Morgan fingerprint density at radius 1 is 0.897 bits per heavy atom. The summed E-state index contributed by atoms with van der Waals surface area (Å²) in [5.74, 6) is 0.0636. The highest BCUT2D eigenvalue weighted by Crippen LogP contribution is 2.36. The van der Waals surface area contributed by atoms with Gasteiger partial charge in [-0.05, 0) is 42.5 Å². The summed E-state index contributed by atoms with van der Waals surface area (Å²) in [5.41, 5.74) is 1.76. The van der Waals surface area contributed by atoms with Crippen molar-refractivity contribution < 1.29 is 18.5 Å². The van der Waals surface area contributed by atoms with Crippen LogP contribution < -0.4 is 4.74 Å². The Kier molecular flexibility index (Phi) is 5.18. The Labute approximate surface area is 171 Å². The Bertz CT molecular complexity index is 1200. The quantitative estimate of drug-likeness (QED) is 0.456. The molecule has 0 fully saturated rings. The lowest BCUT2D eigenvalue weighted by molar-refractivity contribution is 0.0588. The normalized spacial score (nSPS) is 11.9. The lowest BCUT2D eigenvalue weighted by atomic mass is 10.2. The molecule has 29 heavy (non-hydrogen) atoms. The molecule has 0 aliphatic carbocycles. The first-order chi connectivity index (χ1) is 14.2. The van der Waals surface area contributed by atoms with Crippen LogP contribution in [0.1, 0.15) is 10.5 Å². The predicted molar refractivity (Wildman–Crippen MR) is 112 cm³/mol. The second-order valence-corrected chi connectivity index (χ2v) is 7.72. The van der Waals surface area contributed by atoms with Crippen LogP contribution in [0, 0.1) is 0 Å². The molecule has 3 aromatic carbocycles. The largest absolute Gasteiger partial charge is 0.497 e. The van der Waals surface area contributed by atoms with Crippen molar-refractivity contribution in [2.45, 2.75) is 9.79 Å². The highest BCUT2D eigenvalue weighted by molar-refractivity contribution is 7.85. The molecule has 0 radical (unpaired) electrons. The number of methoxy groups -OCH3 is 2. The van der Waals surface area contributed by atoms with E-state index in [0.717, 1.165) is 11.2 Å². The number of benzene rings is 3. The van der Waals surface area contributed by atoms with Gasteiger partial charge in [0.2, 0.25) is 0 Å². The number of hydrogen-bond donors (Lipinski definition) is 0. The van der Waals surface area contributed by atoms with Crippen molar-refractivity contribution in [2.75, 3.05) is 14.2 Å². The standard InChI is InChI=1S/C23H19NO4S/c1-27-17-13-14-20-19(15-17)22(29(26)18-11-7-4-8-12-18)21(23(25)28-2)24(20)16-9-5-3-6-10-16/h3-15H,1-2H3. The Morgan fingerprint density at radius 2 is 1.55 bits per heavy atom. The molecule has 6 heteroatoms. The minimum atomic E-state index is -1.60. The van der Waals surface area contributed by atoms with Gasteiger partial charge in [0.15, 0.2) is 0 Å². The second kappa shape index (κ2) is 7.93. The third kappa shape index (κ3) is 3.32. The monoisotopic (exact) mass is 405 g/mol. The topological polar surface area (TPSA) is 57.5 Å². The Balaban J connectivity index is 2.12. The van der Waals surface area contributed by atoms with Crippen molar-refractivity contribution in [1.82, 2.24) is 4.57 Å². The number of carbonyl (C=O) groups is 1. The van der Waals surface area contributed by atoms with E-state index in [4.69, 9.17) is 9.47 Å². The van der Waals surface area contributed by atoms with Gasteiger partial charge < -0.3 is 14.0 Å². The Morgan fingerprint density at radius 3 is 2.17 bits per heavy atom. The maximum Gasteiger partial charge on any atom is 0.356 e. The second-order valence-electron chi connectivity index (χ2n) is 6.31. The first kappa shape index (κ1) is 19.0. The van der Waals surface area contributed by atoms with Crippen LogP contribution in [0.5, 0.6) is 5.75 Å². The lowest BCUT2D eigenvalue weighted by Crippen LogP contribution is -2.12. The maximum atomic E-state index is 13.6. The number of hydrogen-bond acceptors (Lipinski definition) is 4. The van der Waals surface area contributed by atoms with Gasteiger partial charge in [0, 0.05) is 16.0 Å². The molecule has 0 spiro atoms. The number of ether oxygens (including phenoxy) is 2. The van der Waals surface area contributed by atoms with Crippen LogP contribution >= 0.6 is 0 Å². The van der Waals surface area contributed by atoms with E-state index >= 15 is 0 Å². The Hall–Kier alpha value is -3.38. The number of para-hydroxylation sites is 1. The highest BCUT2D eigenvalue weighted by atomic mass is 32.2. The van der Waals surface area contributed by atoms with Gasteiger partial charge in [-0.2, -0.15) is 0 Å². The molecule has 0 N–H and O–H groups in total. The smallest absolute Gasteiger partial charge is 0.356 e. The number of nitrogens with zero attached hydrogens (tertiary/aromatic N) is 1. The first-order valence-corrected chi connectivity index (χ1v) is 10.1. The van der Waals surface area contributed by atoms with Gasteiger partial charge >= 0.3 is 5.97 Å². The first-order valence-electron chi connectivity index (χ1n) is 8.98. The molecular formula is C23H19NO4S. The summed E-state index contributed by atoms with van der Waals surface area (Å²) in [6.45, 7) is 0. The third-order valence-corrected chi connectivity index (χ3v) is 6.15. The molecule has 4 rings (SSSR count). The van der Waals surface area contributed by atoms with Gasteiger partial charge in [-0.1, -0.05) is 36.4 Å². The van der Waals surface area contributed by atoms with Crippen molar-refractivity contribution in [2.24, 2.45) is 0 Å². The predicted octanol–water partition coefficient (Wildman–Crippen LogP) is 4.59. The fourth-order valence-corrected chi connectivity index (χ4v) is 4.70. The molecule has 1 unspecified atom stereocenters. The zero-order valence-electron chi connectivity index (χ0n) is 16.0. The van der Waals surface area contributed by atoms with Gasteiger partial charge in [-0.15, -0.1) is 0 Å². The van der Waals surface area contributed by atoms with E-state index in [-0.39, 0.29) is 5.69 Å². The molecular weight excluding hydrogens is 386 g/mol. The van der Waals surface area contributed by atoms with Crippen LogP contribution in [-0.4, -0.2) is 29.0 Å². The van der Waals surface area contributed by atoms with E-state index in [1.807, 2.05) is 60.7 Å². The molecule has 0 bridgehead atoms. The average Bonchev–Trinajstić information content (AvgIpc) is 3.13. The fraction of sp³-hybridized carbons (Fsp3) is 0.0870. The van der Waals surface area contributed by atoms with Crippen molar-refractivity contribution in [1.29, 1.82) is 0 Å². The van der Waals surface area contributed by atoms with E-state index in [2.05, 4.69) is 0 Å². The number of carbonyl (C=O) groups excluding carboxylic acids is 1. The molecule has 0 saturated carbocycles. The van der Waals surface area contributed by atoms with Gasteiger partial charge in [-0.3, -0.25) is 0 Å². The van der Waals surface area contributed by atoms with Crippen LogP contribution in [0.3, 0.4) is 0 Å². The lowest BCUT2D eigenvalue weighted by Gasteiger charge is -2.10. The summed E-state index contributed by atoms with van der Waals surface area (Å²) in [6, 6.07) is 24.0. The highest BCUT2D eigenvalue weighted by Gasteiger charge is 2.29. The molecule has 0 aliphatic heterocycles. The summed E-state index contributed by atoms with van der Waals surface area (Å²) < 4.78 is 25.8. The number of fused-ring (bicyclic) bond motifs is 1. The molecule has 1 aromatic heterocycles. The maximum absolute atomic E-state index is 13.6. The molecule has 4 aromatic rings. The van der Waals surface area contributed by atoms with E-state index in [9.17, 15) is 9.00 Å². The van der Waals surface area contributed by atoms with Crippen molar-refractivity contribution in [3.63, 3.8) is 0 Å². The van der Waals surface area contributed by atoms with Crippen molar-refractivity contribution >= 4 is 27.7 Å². The molecule has 146 valence electrons. The van der Waals surface area contributed by atoms with E-state index in [1.165, 1.54) is 7.11 Å². The van der Waals surface area contributed by atoms with Gasteiger partial charge in [0.05, 0.1) is 35.4 Å². The van der Waals surface area contributed by atoms with Crippen LogP contribution in [-0.2, 0) is 15.5 Å². The third-order valence-electron chi connectivity index (χ3n) is 4.66. The molecule has 0 aliphatic rings. The number of rotatable bonds is 5. The van der Waals surface area contributed by atoms with Gasteiger partial charge in [0.25, 0.3) is 0 Å². The van der Waals surface area contributed by atoms with Crippen molar-refractivity contribution in [3.8, 4) is 11.4 Å². The summed E-state index contributed by atoms with van der Waals surface area (Å²) >= 11 is 0. The van der Waals surface area contributed by atoms with Crippen LogP contribution in [0.2, 0.25) is 0 Å². The van der Waals surface area contributed by atoms with E-state index in [1.54, 1.807) is 29.9 Å². The van der Waals surface area contributed by atoms with Crippen molar-refractivity contribution in [3.05, 3.63) is 84.6 Å². The summed E-state index contributed by atoms with van der Waals surface area (Å²) in [6.07, 6.45) is 0. The van der Waals surface area contributed by atoms with Crippen LogP contribution in [0.15, 0.2) is 88.7 Å². The molecule has 0 amide bonds. The zero-order chi connectivity index (χ0) is 20.4. The molecule has 0 saturated heterocycles. The summed E-state index contributed by atoms with van der Waals surface area (Å²) in [4.78, 5) is 13.9. The van der Waals surface area contributed by atoms with Gasteiger partial charge in [0.1, 0.15) is 11.4 Å². The molecule has 5 nitrogen and oxygen atoms in total. The average molecular weight is 405 g/mol. The van der Waals surface area contributed by atoms with E-state index in [0.29, 0.717) is 20.9 Å². The van der Waals surface area contributed by atoms with Crippen LogP contribution in [0.4, 0.5) is 0 Å². The fourth-order valence-electron chi connectivity index (χ4n) is 3.34. The summed E-state index contributed by atoms with van der Waals surface area (Å²) in [5, 5.41) is 0.677. The SMILES string of the molecule is COC(=O)c1c(S(=O)c2ccccc2)c2cc(OC)ccc2n1-c1ccccc1. The minimum Gasteiger partial charge on any atom is -0.497 e. The molecule has 1 atom stereocenters. The number of esters is 1. The van der Waals surface area contributed by atoms with Gasteiger partial charge in [-0.25, -0.2) is 9.00 Å². The van der Waals surface area contributed by atoms with E-state index < -0.39 is 16.8 Å². The molecule has 1 heterocycles. The summed E-state index contributed by atoms with van der Waals surface area (Å²) in [7, 11) is 1.30.